The number of benzene rings is 1. The van der Waals surface area contributed by atoms with E-state index in [9.17, 15) is 0 Å². The van der Waals surface area contributed by atoms with Crippen LogP contribution in [0.4, 0.5) is 0 Å². The Kier molecular flexibility index (Phi) is 3.66. The molecule has 0 radical (unpaired) electrons. The quantitative estimate of drug-likeness (QED) is 0.854. The lowest BCUT2D eigenvalue weighted by molar-refractivity contribution is 0.437. The molecule has 1 aromatic carbocycles. The predicted octanol–water partition coefficient (Wildman–Crippen LogP) is 2.85. The molecule has 2 nitrogen and oxygen atoms in total. The second-order valence-electron chi connectivity index (χ2n) is 6.27. The summed E-state index contributed by atoms with van der Waals surface area (Å²) in [4.78, 5) is 0. The second-order valence-corrected chi connectivity index (χ2v) is 6.27. The SMILES string of the molecule is CNC1C=CC=CC1(N)c1ccc(C(C)(C)C)cc1. The van der Waals surface area contributed by atoms with E-state index >= 15 is 0 Å². The molecule has 102 valence electrons. The number of hydrogen-bond donors (Lipinski definition) is 2. The first kappa shape index (κ1) is 14.0. The lowest BCUT2D eigenvalue weighted by Crippen LogP contribution is -2.52. The summed E-state index contributed by atoms with van der Waals surface area (Å²) in [6.45, 7) is 6.67. The predicted molar refractivity (Wildman–Crippen MR) is 82.1 cm³/mol. The summed E-state index contributed by atoms with van der Waals surface area (Å²) in [6.07, 6.45) is 8.24. The molecule has 1 aliphatic carbocycles. The average molecular weight is 256 g/mol. The van der Waals surface area contributed by atoms with Gasteiger partial charge in [0.05, 0.1) is 11.6 Å². The van der Waals surface area contributed by atoms with Crippen LogP contribution in [0.25, 0.3) is 0 Å². The summed E-state index contributed by atoms with van der Waals surface area (Å²) < 4.78 is 0. The van der Waals surface area contributed by atoms with Crippen molar-refractivity contribution in [3.63, 3.8) is 0 Å². The van der Waals surface area contributed by atoms with E-state index in [4.69, 9.17) is 5.73 Å². The van der Waals surface area contributed by atoms with Crippen LogP contribution >= 0.6 is 0 Å². The highest BCUT2D eigenvalue weighted by molar-refractivity contribution is 5.40. The first-order chi connectivity index (χ1) is 8.88. The van der Waals surface area contributed by atoms with Crippen molar-refractivity contribution >= 4 is 0 Å². The smallest absolute Gasteiger partial charge is 0.0790 e. The van der Waals surface area contributed by atoms with E-state index in [1.165, 1.54) is 5.56 Å². The van der Waals surface area contributed by atoms with Gasteiger partial charge in [-0.2, -0.15) is 0 Å². The first-order valence-electron chi connectivity index (χ1n) is 6.81. The summed E-state index contributed by atoms with van der Waals surface area (Å²) >= 11 is 0. The Labute approximate surface area is 116 Å². The molecule has 19 heavy (non-hydrogen) atoms. The maximum absolute atomic E-state index is 6.59. The summed E-state index contributed by atoms with van der Waals surface area (Å²) in [5.41, 5.74) is 8.76. The van der Waals surface area contributed by atoms with Gasteiger partial charge in [0.25, 0.3) is 0 Å². The Hall–Kier alpha value is -1.38. The molecule has 0 fully saturated rings. The van der Waals surface area contributed by atoms with Crippen molar-refractivity contribution in [3.8, 4) is 0 Å². The molecule has 0 aromatic heterocycles. The van der Waals surface area contributed by atoms with E-state index in [0.29, 0.717) is 0 Å². The molecule has 2 atom stereocenters. The number of hydrogen-bond acceptors (Lipinski definition) is 2. The highest BCUT2D eigenvalue weighted by atomic mass is 15.0. The van der Waals surface area contributed by atoms with Crippen molar-refractivity contribution in [1.29, 1.82) is 0 Å². The highest BCUT2D eigenvalue weighted by Gasteiger charge is 2.33. The standard InChI is InChI=1S/C17H24N2/c1-16(2,3)13-8-10-14(11-9-13)17(18)12-6-5-7-15(17)19-4/h5-12,15,19H,18H2,1-4H3. The van der Waals surface area contributed by atoms with Crippen LogP contribution in [-0.2, 0) is 11.0 Å². The Morgan fingerprint density at radius 3 is 2.26 bits per heavy atom. The van der Waals surface area contributed by atoms with E-state index in [2.05, 4.69) is 62.5 Å². The Bertz CT molecular complexity index is 491. The van der Waals surface area contributed by atoms with Gasteiger partial charge in [-0.3, -0.25) is 0 Å². The van der Waals surface area contributed by atoms with Gasteiger partial charge in [0.1, 0.15) is 0 Å². The van der Waals surface area contributed by atoms with Crippen molar-refractivity contribution in [1.82, 2.24) is 5.32 Å². The minimum Gasteiger partial charge on any atom is -0.317 e. The van der Waals surface area contributed by atoms with Gasteiger partial charge < -0.3 is 11.1 Å². The molecule has 0 saturated carbocycles. The van der Waals surface area contributed by atoms with Crippen molar-refractivity contribution in [2.75, 3.05) is 7.05 Å². The van der Waals surface area contributed by atoms with E-state index in [1.807, 2.05) is 19.2 Å². The number of likely N-dealkylation sites (N-methyl/N-ethyl adjacent to an activating group) is 1. The summed E-state index contributed by atoms with van der Waals surface area (Å²) in [7, 11) is 1.94. The van der Waals surface area contributed by atoms with E-state index in [0.717, 1.165) is 5.56 Å². The molecule has 2 rings (SSSR count). The zero-order valence-electron chi connectivity index (χ0n) is 12.3. The number of nitrogens with one attached hydrogen (secondary N) is 1. The molecule has 0 aliphatic heterocycles. The molecule has 3 N–H and O–H groups in total. The van der Waals surface area contributed by atoms with Crippen molar-refractivity contribution < 1.29 is 0 Å². The van der Waals surface area contributed by atoms with E-state index in [-0.39, 0.29) is 11.5 Å². The van der Waals surface area contributed by atoms with Crippen LogP contribution in [0.5, 0.6) is 0 Å². The number of rotatable bonds is 2. The molecule has 0 amide bonds. The molecule has 0 heterocycles. The number of nitrogens with two attached hydrogens (primary N) is 1. The van der Waals surface area contributed by atoms with Crippen LogP contribution < -0.4 is 11.1 Å². The second kappa shape index (κ2) is 4.95. The molecule has 0 bridgehead atoms. The fourth-order valence-corrected chi connectivity index (χ4v) is 2.52. The zero-order chi connectivity index (χ0) is 14.1. The van der Waals surface area contributed by atoms with Crippen LogP contribution in [-0.4, -0.2) is 13.1 Å². The fraction of sp³-hybridized carbons (Fsp3) is 0.412. The first-order valence-corrected chi connectivity index (χ1v) is 6.81. The maximum Gasteiger partial charge on any atom is 0.0790 e. The highest BCUT2D eigenvalue weighted by Crippen LogP contribution is 2.30. The minimum atomic E-state index is -0.472. The van der Waals surface area contributed by atoms with Crippen molar-refractivity contribution in [2.45, 2.75) is 37.8 Å². The molecular weight excluding hydrogens is 232 g/mol. The topological polar surface area (TPSA) is 38.0 Å². The van der Waals surface area contributed by atoms with Crippen molar-refractivity contribution in [2.24, 2.45) is 5.73 Å². The molecule has 0 saturated heterocycles. The summed E-state index contributed by atoms with van der Waals surface area (Å²) in [5, 5.41) is 3.27. The summed E-state index contributed by atoms with van der Waals surface area (Å²) in [5.74, 6) is 0. The van der Waals surface area contributed by atoms with Crippen LogP contribution in [0.2, 0.25) is 0 Å². The zero-order valence-corrected chi connectivity index (χ0v) is 12.3. The van der Waals surface area contributed by atoms with Gasteiger partial charge in [-0.05, 0) is 23.6 Å². The Balaban J connectivity index is 2.36. The third-order valence-corrected chi connectivity index (χ3v) is 3.86. The normalized spacial score (nSPS) is 26.7. The van der Waals surface area contributed by atoms with Crippen LogP contribution in [0.1, 0.15) is 31.9 Å². The molecular formula is C17H24N2. The van der Waals surface area contributed by atoms with Gasteiger partial charge in [0.2, 0.25) is 0 Å². The van der Waals surface area contributed by atoms with Gasteiger partial charge >= 0.3 is 0 Å². The molecule has 2 heteroatoms. The van der Waals surface area contributed by atoms with Gasteiger partial charge in [0.15, 0.2) is 0 Å². The van der Waals surface area contributed by atoms with Crippen LogP contribution in [0.15, 0.2) is 48.6 Å². The van der Waals surface area contributed by atoms with E-state index in [1.54, 1.807) is 0 Å². The van der Waals surface area contributed by atoms with E-state index < -0.39 is 5.54 Å². The lowest BCUT2D eigenvalue weighted by Gasteiger charge is -2.35. The molecule has 2 unspecified atom stereocenters. The maximum atomic E-state index is 6.59. The third-order valence-electron chi connectivity index (χ3n) is 3.86. The molecule has 0 spiro atoms. The van der Waals surface area contributed by atoms with Crippen molar-refractivity contribution in [3.05, 3.63) is 59.7 Å². The monoisotopic (exact) mass is 256 g/mol. The molecule has 1 aromatic rings. The Morgan fingerprint density at radius 1 is 1.11 bits per heavy atom. The van der Waals surface area contributed by atoms with Gasteiger partial charge in [0, 0.05) is 0 Å². The molecule has 1 aliphatic rings. The number of allylic oxidation sites excluding steroid dienone is 2. The third kappa shape index (κ3) is 2.65. The largest absolute Gasteiger partial charge is 0.317 e. The summed E-state index contributed by atoms with van der Waals surface area (Å²) in [6, 6.07) is 8.78. The van der Waals surface area contributed by atoms with Gasteiger partial charge in [-0.25, -0.2) is 0 Å². The average Bonchev–Trinajstić information content (AvgIpc) is 2.38. The minimum absolute atomic E-state index is 0.123. The Morgan fingerprint density at radius 2 is 1.74 bits per heavy atom. The van der Waals surface area contributed by atoms with Crippen LogP contribution in [0, 0.1) is 0 Å². The van der Waals surface area contributed by atoms with Crippen LogP contribution in [0.3, 0.4) is 0 Å². The lowest BCUT2D eigenvalue weighted by atomic mass is 9.79. The van der Waals surface area contributed by atoms with Gasteiger partial charge in [-0.15, -0.1) is 0 Å². The fourth-order valence-electron chi connectivity index (χ4n) is 2.52. The van der Waals surface area contributed by atoms with Gasteiger partial charge in [-0.1, -0.05) is 69.3 Å².